The third kappa shape index (κ3) is 4.72. The van der Waals surface area contributed by atoms with Crippen molar-refractivity contribution in [3.63, 3.8) is 0 Å². The Bertz CT molecular complexity index is 1060. The van der Waals surface area contributed by atoms with Gasteiger partial charge in [-0.05, 0) is 30.3 Å². The smallest absolute Gasteiger partial charge is 0.338 e. The van der Waals surface area contributed by atoms with Crippen LogP contribution in [0.2, 0.25) is 5.02 Å². The van der Waals surface area contributed by atoms with Crippen molar-refractivity contribution in [1.29, 1.82) is 0 Å². The van der Waals surface area contributed by atoms with E-state index in [1.165, 1.54) is 13.3 Å². The lowest BCUT2D eigenvalue weighted by atomic mass is 10.2. The normalized spacial score (nSPS) is 13.0. The summed E-state index contributed by atoms with van der Waals surface area (Å²) in [6.07, 6.45) is 1.51. The second kappa shape index (κ2) is 8.59. The molecule has 1 aliphatic heterocycles. The maximum atomic E-state index is 12.0. The van der Waals surface area contributed by atoms with Crippen LogP contribution in [-0.2, 0) is 4.74 Å². The third-order valence-electron chi connectivity index (χ3n) is 4.05. The summed E-state index contributed by atoms with van der Waals surface area (Å²) in [7, 11) is 1.34. The molecule has 4 rings (SSSR count). The number of benzene rings is 2. The molecule has 2 heterocycles. The largest absolute Gasteiger partial charge is 0.493 e. The van der Waals surface area contributed by atoms with E-state index >= 15 is 0 Å². The summed E-state index contributed by atoms with van der Waals surface area (Å²) >= 11 is 7.93. The number of nitrogens with zero attached hydrogens (tertiary/aromatic N) is 2. The van der Waals surface area contributed by atoms with Crippen molar-refractivity contribution < 1.29 is 14.3 Å². The van der Waals surface area contributed by atoms with Crippen molar-refractivity contribution in [1.82, 2.24) is 9.97 Å². The van der Waals surface area contributed by atoms with Gasteiger partial charge in [0.1, 0.15) is 10.8 Å². The standard InChI is InChI=1S/C20H17ClN4O3S/c1-27-19(26)12-7-14-9-15(8-12)28-5-6-29-16-4-2-3-13(10-16)23-18-17(21)11-22-20(24-14)25-18/h2-4,7-11H,5-6H2,1H3,(H2,22,23,24,25). The summed E-state index contributed by atoms with van der Waals surface area (Å²) in [6.45, 7) is 0.475. The number of aromatic nitrogens is 2. The fourth-order valence-corrected chi connectivity index (χ4v) is 3.68. The van der Waals surface area contributed by atoms with Crippen molar-refractivity contribution in [2.45, 2.75) is 4.90 Å². The Morgan fingerprint density at radius 1 is 1.21 bits per heavy atom. The van der Waals surface area contributed by atoms with Crippen LogP contribution in [0.4, 0.5) is 23.1 Å². The van der Waals surface area contributed by atoms with Crippen LogP contribution >= 0.6 is 23.4 Å². The van der Waals surface area contributed by atoms with Gasteiger partial charge in [0, 0.05) is 28.1 Å². The number of anilines is 4. The van der Waals surface area contributed by atoms with Gasteiger partial charge in [-0.15, -0.1) is 11.8 Å². The first-order chi connectivity index (χ1) is 14.1. The van der Waals surface area contributed by atoms with Gasteiger partial charge in [-0.3, -0.25) is 0 Å². The van der Waals surface area contributed by atoms with Gasteiger partial charge in [-0.2, -0.15) is 4.98 Å². The van der Waals surface area contributed by atoms with Gasteiger partial charge in [-0.25, -0.2) is 9.78 Å². The number of carbonyl (C=O) groups is 1. The Morgan fingerprint density at radius 3 is 2.97 bits per heavy atom. The summed E-state index contributed by atoms with van der Waals surface area (Å²) in [5, 5.41) is 6.71. The van der Waals surface area contributed by atoms with Crippen molar-refractivity contribution in [3.8, 4) is 5.75 Å². The van der Waals surface area contributed by atoms with Crippen molar-refractivity contribution in [2.75, 3.05) is 30.1 Å². The first kappa shape index (κ1) is 19.4. The van der Waals surface area contributed by atoms with Crippen LogP contribution in [0.1, 0.15) is 10.4 Å². The van der Waals surface area contributed by atoms with Crippen LogP contribution in [0, 0.1) is 0 Å². The Balaban J connectivity index is 1.75. The van der Waals surface area contributed by atoms with Gasteiger partial charge in [0.15, 0.2) is 5.82 Å². The molecule has 2 N–H and O–H groups in total. The molecule has 9 heteroatoms. The highest BCUT2D eigenvalue weighted by Gasteiger charge is 2.13. The number of hydrogen-bond acceptors (Lipinski definition) is 8. The Morgan fingerprint density at radius 2 is 2.10 bits per heavy atom. The van der Waals surface area contributed by atoms with E-state index in [4.69, 9.17) is 21.1 Å². The lowest BCUT2D eigenvalue weighted by Gasteiger charge is -2.12. The summed E-state index contributed by atoms with van der Waals surface area (Å²) in [4.78, 5) is 21.8. The maximum Gasteiger partial charge on any atom is 0.338 e. The minimum absolute atomic E-state index is 0.324. The van der Waals surface area contributed by atoms with Gasteiger partial charge in [0.05, 0.1) is 25.5 Å². The van der Waals surface area contributed by atoms with Gasteiger partial charge >= 0.3 is 5.97 Å². The molecule has 2 aromatic carbocycles. The molecule has 6 bridgehead atoms. The second-order valence-electron chi connectivity index (χ2n) is 6.10. The quantitative estimate of drug-likeness (QED) is 0.530. The fraction of sp³-hybridized carbons (Fsp3) is 0.150. The summed E-state index contributed by atoms with van der Waals surface area (Å²) < 4.78 is 10.7. The number of rotatable bonds is 1. The first-order valence-corrected chi connectivity index (χ1v) is 10.1. The molecule has 0 unspecified atom stereocenters. The molecule has 0 fully saturated rings. The number of halogens is 1. The average Bonchev–Trinajstić information content (AvgIpc) is 2.73. The molecule has 0 saturated carbocycles. The topological polar surface area (TPSA) is 85.4 Å². The van der Waals surface area contributed by atoms with E-state index in [1.807, 2.05) is 24.3 Å². The maximum absolute atomic E-state index is 12.0. The molecule has 29 heavy (non-hydrogen) atoms. The Hall–Kier alpha value is -2.97. The van der Waals surface area contributed by atoms with Gasteiger partial charge in [0.25, 0.3) is 0 Å². The first-order valence-electron chi connectivity index (χ1n) is 8.76. The molecule has 0 saturated heterocycles. The average molecular weight is 429 g/mol. The summed E-state index contributed by atoms with van der Waals surface area (Å²) in [5.74, 6) is 1.63. The molecule has 0 radical (unpaired) electrons. The minimum Gasteiger partial charge on any atom is -0.493 e. The van der Waals surface area contributed by atoms with E-state index in [0.29, 0.717) is 40.4 Å². The van der Waals surface area contributed by atoms with Gasteiger partial charge in [0.2, 0.25) is 5.95 Å². The molecular weight excluding hydrogens is 412 g/mol. The number of carbonyl (C=O) groups excluding carboxylic acids is 1. The van der Waals surface area contributed by atoms with Crippen LogP contribution in [0.25, 0.3) is 0 Å². The number of ether oxygens (including phenoxy) is 2. The SMILES string of the molecule is COC(=O)c1cc2cc(c1)OCCSc1cccc(c1)Nc1nc(ncc1Cl)N2. The highest BCUT2D eigenvalue weighted by Crippen LogP contribution is 2.29. The number of esters is 1. The molecule has 1 aliphatic rings. The summed E-state index contributed by atoms with van der Waals surface area (Å²) in [5.41, 5.74) is 1.83. The van der Waals surface area contributed by atoms with E-state index in [2.05, 4.69) is 20.6 Å². The lowest BCUT2D eigenvalue weighted by molar-refractivity contribution is 0.0600. The number of fused-ring (bicyclic) bond motifs is 6. The molecule has 3 aromatic rings. The van der Waals surface area contributed by atoms with Gasteiger partial charge < -0.3 is 20.1 Å². The number of nitrogens with one attached hydrogen (secondary N) is 2. The van der Waals surface area contributed by atoms with E-state index in [0.717, 1.165) is 16.3 Å². The lowest BCUT2D eigenvalue weighted by Crippen LogP contribution is -2.06. The van der Waals surface area contributed by atoms with Gasteiger partial charge in [-0.1, -0.05) is 17.7 Å². The molecule has 7 nitrogen and oxygen atoms in total. The zero-order valence-corrected chi connectivity index (χ0v) is 17.0. The predicted molar refractivity (Wildman–Crippen MR) is 114 cm³/mol. The Labute approximate surface area is 176 Å². The van der Waals surface area contributed by atoms with E-state index in [9.17, 15) is 4.79 Å². The molecule has 148 valence electrons. The van der Waals surface area contributed by atoms with E-state index in [-0.39, 0.29) is 0 Å². The Kier molecular flexibility index (Phi) is 5.73. The third-order valence-corrected chi connectivity index (χ3v) is 5.28. The molecule has 0 atom stereocenters. The zero-order chi connectivity index (χ0) is 20.2. The number of hydrogen-bond donors (Lipinski definition) is 2. The predicted octanol–water partition coefficient (Wildman–Crippen LogP) is 4.89. The van der Waals surface area contributed by atoms with Crippen molar-refractivity contribution in [2.24, 2.45) is 0 Å². The van der Waals surface area contributed by atoms with Crippen LogP contribution in [0.15, 0.2) is 53.6 Å². The highest BCUT2D eigenvalue weighted by molar-refractivity contribution is 7.99. The molecule has 0 spiro atoms. The monoisotopic (exact) mass is 428 g/mol. The molecule has 0 aliphatic carbocycles. The molecular formula is C20H17ClN4O3S. The molecule has 1 aromatic heterocycles. The summed E-state index contributed by atoms with van der Waals surface area (Å²) in [6, 6.07) is 13.0. The molecule has 0 amide bonds. The van der Waals surface area contributed by atoms with Crippen LogP contribution in [0.3, 0.4) is 0 Å². The number of methoxy groups -OCH3 is 1. The van der Waals surface area contributed by atoms with Crippen LogP contribution < -0.4 is 15.4 Å². The second-order valence-corrected chi connectivity index (χ2v) is 7.68. The highest BCUT2D eigenvalue weighted by atomic mass is 35.5. The van der Waals surface area contributed by atoms with E-state index in [1.54, 1.807) is 30.0 Å². The van der Waals surface area contributed by atoms with Crippen LogP contribution in [0.5, 0.6) is 5.75 Å². The van der Waals surface area contributed by atoms with E-state index < -0.39 is 5.97 Å². The number of thioether (sulfide) groups is 1. The van der Waals surface area contributed by atoms with Crippen LogP contribution in [-0.4, -0.2) is 35.4 Å². The van der Waals surface area contributed by atoms with Crippen molar-refractivity contribution in [3.05, 3.63) is 59.2 Å². The van der Waals surface area contributed by atoms with Crippen molar-refractivity contribution >= 4 is 52.5 Å². The minimum atomic E-state index is -0.457. The zero-order valence-electron chi connectivity index (χ0n) is 15.4. The fourth-order valence-electron chi connectivity index (χ4n) is 2.75.